The molecule has 0 saturated carbocycles. The maximum atomic E-state index is 5.39. The third kappa shape index (κ3) is 3.21. The lowest BCUT2D eigenvalue weighted by Gasteiger charge is -2.34. The van der Waals surface area contributed by atoms with Crippen LogP contribution in [-0.2, 0) is 0 Å². The topological polar surface area (TPSA) is 101 Å². The summed E-state index contributed by atoms with van der Waals surface area (Å²) in [6, 6.07) is 5.46. The predicted molar refractivity (Wildman–Crippen MR) is 106 cm³/mol. The summed E-state index contributed by atoms with van der Waals surface area (Å²) in [4.78, 5) is 18.3. The van der Waals surface area contributed by atoms with Crippen molar-refractivity contribution < 1.29 is 4.42 Å². The van der Waals surface area contributed by atoms with E-state index in [1.165, 1.54) is 0 Å². The average molecular weight is 391 g/mol. The molecular weight excluding hydrogens is 370 g/mol. The number of aromatic nitrogens is 7. The quantitative estimate of drug-likeness (QED) is 0.514. The Labute approximate surface area is 167 Å². The predicted octanol–water partition coefficient (Wildman–Crippen LogP) is 1.69. The number of anilines is 1. The van der Waals surface area contributed by atoms with E-state index in [-0.39, 0.29) is 0 Å². The molecule has 1 fully saturated rings. The van der Waals surface area contributed by atoms with E-state index < -0.39 is 0 Å². The van der Waals surface area contributed by atoms with Crippen LogP contribution < -0.4 is 4.90 Å². The van der Waals surface area contributed by atoms with Crippen molar-refractivity contribution in [1.29, 1.82) is 0 Å². The van der Waals surface area contributed by atoms with Gasteiger partial charge in [-0.2, -0.15) is 9.50 Å². The van der Waals surface area contributed by atoms with E-state index in [9.17, 15) is 0 Å². The molecule has 0 amide bonds. The normalized spacial score (nSPS) is 15.3. The van der Waals surface area contributed by atoms with Gasteiger partial charge in [-0.15, -0.1) is 15.3 Å². The Kier molecular flexibility index (Phi) is 4.39. The zero-order valence-electron chi connectivity index (χ0n) is 16.4. The van der Waals surface area contributed by atoms with Gasteiger partial charge >= 0.3 is 0 Å². The second kappa shape index (κ2) is 7.21. The molecule has 1 saturated heterocycles. The highest BCUT2D eigenvalue weighted by atomic mass is 16.3. The smallest absolute Gasteiger partial charge is 0.272 e. The highest BCUT2D eigenvalue weighted by molar-refractivity contribution is 5.59. The second-order valence-electron chi connectivity index (χ2n) is 6.92. The molecule has 0 radical (unpaired) electrons. The standard InChI is InChI=1S/C19H21N9O/c1-3-26-8-10-27(11-9-26)18-20-7-6-14(21-18)16-13(2)28-19(24-23-16)22-17(25-28)15-5-4-12-29-15/h4-7,12H,3,8-11H2,1-2H3. The van der Waals surface area contributed by atoms with E-state index in [0.717, 1.165) is 50.1 Å². The molecule has 4 aromatic rings. The molecule has 5 rings (SSSR count). The number of hydrogen-bond donors (Lipinski definition) is 0. The van der Waals surface area contributed by atoms with Crippen molar-refractivity contribution in [3.63, 3.8) is 0 Å². The Morgan fingerprint density at radius 1 is 1.07 bits per heavy atom. The maximum Gasteiger partial charge on any atom is 0.272 e. The molecule has 1 aliphatic heterocycles. The third-order valence-electron chi connectivity index (χ3n) is 5.22. The number of fused-ring (bicyclic) bond motifs is 1. The van der Waals surface area contributed by atoms with Gasteiger partial charge in [0.1, 0.15) is 5.69 Å². The first-order chi connectivity index (χ1) is 14.2. The van der Waals surface area contributed by atoms with Gasteiger partial charge in [0.25, 0.3) is 5.78 Å². The molecule has 0 aliphatic carbocycles. The Hall–Kier alpha value is -3.40. The van der Waals surface area contributed by atoms with Gasteiger partial charge in [-0.1, -0.05) is 6.92 Å². The summed E-state index contributed by atoms with van der Waals surface area (Å²) in [6.07, 6.45) is 3.36. The first kappa shape index (κ1) is 17.7. The van der Waals surface area contributed by atoms with Crippen LogP contribution in [0.15, 0.2) is 35.1 Å². The lowest BCUT2D eigenvalue weighted by Crippen LogP contribution is -2.46. The van der Waals surface area contributed by atoms with E-state index in [1.54, 1.807) is 23.0 Å². The van der Waals surface area contributed by atoms with E-state index >= 15 is 0 Å². The monoisotopic (exact) mass is 391 g/mol. The molecule has 0 bridgehead atoms. The van der Waals surface area contributed by atoms with Crippen molar-refractivity contribution in [2.24, 2.45) is 0 Å². The zero-order valence-corrected chi connectivity index (χ0v) is 16.4. The van der Waals surface area contributed by atoms with Crippen LogP contribution >= 0.6 is 0 Å². The number of furan rings is 1. The van der Waals surface area contributed by atoms with E-state index in [1.807, 2.05) is 19.1 Å². The fraction of sp³-hybridized carbons (Fsp3) is 0.368. The summed E-state index contributed by atoms with van der Waals surface area (Å²) in [7, 11) is 0. The zero-order chi connectivity index (χ0) is 19.8. The van der Waals surface area contributed by atoms with Crippen molar-refractivity contribution >= 4 is 11.7 Å². The van der Waals surface area contributed by atoms with Gasteiger partial charge < -0.3 is 14.2 Å². The van der Waals surface area contributed by atoms with Gasteiger partial charge in [0.15, 0.2) is 5.76 Å². The van der Waals surface area contributed by atoms with Gasteiger partial charge in [-0.3, -0.25) is 0 Å². The van der Waals surface area contributed by atoms with Crippen LogP contribution in [0.3, 0.4) is 0 Å². The Morgan fingerprint density at radius 3 is 2.69 bits per heavy atom. The van der Waals surface area contributed by atoms with Gasteiger partial charge in [-0.05, 0) is 31.7 Å². The molecule has 0 atom stereocenters. The Balaban J connectivity index is 1.48. The molecular formula is C19H21N9O. The van der Waals surface area contributed by atoms with Gasteiger partial charge in [0, 0.05) is 32.4 Å². The van der Waals surface area contributed by atoms with Gasteiger partial charge in [0.2, 0.25) is 11.8 Å². The Bertz CT molecular complexity index is 1130. The van der Waals surface area contributed by atoms with Gasteiger partial charge in [0.05, 0.1) is 17.7 Å². The van der Waals surface area contributed by atoms with Crippen molar-refractivity contribution in [3.05, 3.63) is 36.4 Å². The molecule has 4 aromatic heterocycles. The number of likely N-dealkylation sites (N-methyl/N-ethyl adjacent to an activating group) is 1. The SMILES string of the molecule is CCN1CCN(c2nccc(-c3nnc4nc(-c5ccco5)nn4c3C)n2)CC1. The molecule has 5 heterocycles. The number of piperazine rings is 1. The van der Waals surface area contributed by atoms with Crippen molar-refractivity contribution in [2.45, 2.75) is 13.8 Å². The minimum Gasteiger partial charge on any atom is -0.461 e. The minimum absolute atomic E-state index is 0.419. The summed E-state index contributed by atoms with van der Waals surface area (Å²) in [5.74, 6) is 2.20. The molecule has 1 aliphatic rings. The lowest BCUT2D eigenvalue weighted by atomic mass is 10.2. The molecule has 148 valence electrons. The maximum absolute atomic E-state index is 5.39. The van der Waals surface area contributed by atoms with Crippen molar-refractivity contribution in [3.8, 4) is 23.0 Å². The van der Waals surface area contributed by atoms with Crippen LogP contribution in [0, 0.1) is 6.92 Å². The number of hydrogen-bond acceptors (Lipinski definition) is 9. The van der Waals surface area contributed by atoms with Gasteiger partial charge in [-0.25, -0.2) is 9.97 Å². The molecule has 0 spiro atoms. The van der Waals surface area contributed by atoms with Crippen molar-refractivity contribution in [1.82, 2.24) is 39.7 Å². The fourth-order valence-electron chi connectivity index (χ4n) is 3.50. The van der Waals surface area contributed by atoms with Crippen LogP contribution in [0.25, 0.3) is 28.8 Å². The molecule has 10 heteroatoms. The number of nitrogens with zero attached hydrogens (tertiary/aromatic N) is 9. The average Bonchev–Trinajstić information content (AvgIpc) is 3.44. The van der Waals surface area contributed by atoms with Crippen LogP contribution in [0.4, 0.5) is 5.95 Å². The van der Waals surface area contributed by atoms with Crippen LogP contribution in [-0.4, -0.2) is 72.4 Å². The largest absolute Gasteiger partial charge is 0.461 e. The highest BCUT2D eigenvalue weighted by Gasteiger charge is 2.20. The summed E-state index contributed by atoms with van der Waals surface area (Å²) in [6.45, 7) is 9.05. The first-order valence-corrected chi connectivity index (χ1v) is 9.67. The summed E-state index contributed by atoms with van der Waals surface area (Å²) in [5, 5.41) is 13.1. The van der Waals surface area contributed by atoms with Crippen LogP contribution in [0.5, 0.6) is 0 Å². The first-order valence-electron chi connectivity index (χ1n) is 9.67. The highest BCUT2D eigenvalue weighted by Crippen LogP contribution is 2.22. The summed E-state index contributed by atoms with van der Waals surface area (Å²) < 4.78 is 7.05. The Morgan fingerprint density at radius 2 is 1.93 bits per heavy atom. The molecule has 29 heavy (non-hydrogen) atoms. The lowest BCUT2D eigenvalue weighted by molar-refractivity contribution is 0.270. The summed E-state index contributed by atoms with van der Waals surface area (Å²) >= 11 is 0. The van der Waals surface area contributed by atoms with Crippen LogP contribution in [0.1, 0.15) is 12.6 Å². The van der Waals surface area contributed by atoms with Crippen molar-refractivity contribution in [2.75, 3.05) is 37.6 Å². The molecule has 0 aromatic carbocycles. The second-order valence-corrected chi connectivity index (χ2v) is 6.92. The third-order valence-corrected chi connectivity index (χ3v) is 5.22. The number of aryl methyl sites for hydroxylation is 1. The molecule has 0 N–H and O–H groups in total. The number of rotatable bonds is 4. The summed E-state index contributed by atoms with van der Waals surface area (Å²) in [5.41, 5.74) is 2.18. The molecule has 10 nitrogen and oxygen atoms in total. The van der Waals surface area contributed by atoms with E-state index in [2.05, 4.69) is 42.0 Å². The van der Waals surface area contributed by atoms with Crippen LogP contribution in [0.2, 0.25) is 0 Å². The van der Waals surface area contributed by atoms with E-state index in [4.69, 9.17) is 9.40 Å². The van der Waals surface area contributed by atoms with E-state index in [0.29, 0.717) is 23.1 Å². The minimum atomic E-state index is 0.419. The fourth-order valence-corrected chi connectivity index (χ4v) is 3.50. The molecule has 0 unspecified atom stereocenters.